The van der Waals surface area contributed by atoms with Crippen molar-refractivity contribution in [3.8, 4) is 0 Å². The smallest absolute Gasteiger partial charge is 0.123 e. The molecule has 0 amide bonds. The Bertz CT molecular complexity index is 521. The number of nitrogens with one attached hydrogen (secondary N) is 1. The highest BCUT2D eigenvalue weighted by Crippen LogP contribution is 2.23. The molecule has 2 aromatic rings. The van der Waals surface area contributed by atoms with Gasteiger partial charge in [-0.1, -0.05) is 6.07 Å². The minimum atomic E-state index is -0.299. The van der Waals surface area contributed by atoms with Gasteiger partial charge in [-0.05, 0) is 36.2 Å². The predicted octanol–water partition coefficient (Wildman–Crippen LogP) is 1.42. The number of rotatable bonds is 3. The van der Waals surface area contributed by atoms with Crippen molar-refractivity contribution in [1.82, 2.24) is 15.2 Å². The normalized spacial score (nSPS) is 12.7. The molecule has 1 unspecified atom stereocenters. The third kappa shape index (κ3) is 2.35. The highest BCUT2D eigenvalue weighted by atomic mass is 19.1. The molecule has 1 atom stereocenters. The lowest BCUT2D eigenvalue weighted by atomic mass is 9.99. The number of hydrogen-bond donors (Lipinski definition) is 2. The van der Waals surface area contributed by atoms with Crippen molar-refractivity contribution in [3.63, 3.8) is 0 Å². The van der Waals surface area contributed by atoms with Gasteiger partial charge in [-0.15, -0.1) is 0 Å². The molecule has 0 fully saturated rings. The third-order valence-electron chi connectivity index (χ3n) is 2.75. The van der Waals surface area contributed by atoms with E-state index in [1.54, 1.807) is 10.7 Å². The van der Waals surface area contributed by atoms with E-state index in [9.17, 15) is 4.39 Å². The molecule has 0 saturated heterocycles. The summed E-state index contributed by atoms with van der Waals surface area (Å²) in [7, 11) is 1.83. The van der Waals surface area contributed by atoms with Gasteiger partial charge in [0.1, 0.15) is 5.82 Å². The number of hydrazine groups is 1. The Hall–Kier alpha value is -1.72. The monoisotopic (exact) mass is 234 g/mol. The fraction of sp³-hybridized carbons (Fsp3) is 0.250. The number of benzene rings is 1. The maximum absolute atomic E-state index is 13.3. The minimum absolute atomic E-state index is 0.276. The molecule has 90 valence electrons. The molecule has 1 heterocycles. The Morgan fingerprint density at radius 2 is 2.18 bits per heavy atom. The quantitative estimate of drug-likeness (QED) is 0.624. The largest absolute Gasteiger partial charge is 0.275 e. The first-order valence-electron chi connectivity index (χ1n) is 5.33. The van der Waals surface area contributed by atoms with E-state index in [2.05, 4.69) is 10.5 Å². The summed E-state index contributed by atoms with van der Waals surface area (Å²) in [6, 6.07) is 6.21. The summed E-state index contributed by atoms with van der Waals surface area (Å²) in [4.78, 5) is 0. The summed E-state index contributed by atoms with van der Waals surface area (Å²) in [5.41, 5.74) is 5.21. The van der Waals surface area contributed by atoms with Gasteiger partial charge in [0.15, 0.2) is 0 Å². The Kier molecular flexibility index (Phi) is 3.21. The molecule has 0 saturated carbocycles. The summed E-state index contributed by atoms with van der Waals surface area (Å²) < 4.78 is 15.0. The van der Waals surface area contributed by atoms with Crippen molar-refractivity contribution in [3.05, 3.63) is 53.1 Å². The van der Waals surface area contributed by atoms with Crippen molar-refractivity contribution in [2.24, 2.45) is 12.9 Å². The number of aromatic nitrogens is 2. The molecule has 0 aliphatic carbocycles. The summed E-state index contributed by atoms with van der Waals surface area (Å²) in [5, 5.41) is 4.28. The van der Waals surface area contributed by atoms with Crippen LogP contribution in [-0.2, 0) is 7.05 Å². The minimum Gasteiger partial charge on any atom is -0.275 e. The molecular formula is C12H15FN4. The molecule has 1 aromatic carbocycles. The zero-order chi connectivity index (χ0) is 12.4. The van der Waals surface area contributed by atoms with Gasteiger partial charge in [-0.25, -0.2) is 9.82 Å². The number of hydrogen-bond acceptors (Lipinski definition) is 3. The molecule has 0 bridgehead atoms. The van der Waals surface area contributed by atoms with Gasteiger partial charge in [0.05, 0.1) is 11.7 Å². The van der Waals surface area contributed by atoms with Gasteiger partial charge in [0.2, 0.25) is 0 Å². The molecule has 4 nitrogen and oxygen atoms in total. The number of halogens is 1. The average molecular weight is 234 g/mol. The fourth-order valence-electron chi connectivity index (χ4n) is 1.84. The van der Waals surface area contributed by atoms with Gasteiger partial charge in [0, 0.05) is 13.2 Å². The van der Waals surface area contributed by atoms with Crippen molar-refractivity contribution in [2.75, 3.05) is 0 Å². The van der Waals surface area contributed by atoms with Crippen LogP contribution in [0.2, 0.25) is 0 Å². The van der Waals surface area contributed by atoms with Crippen molar-refractivity contribution < 1.29 is 4.39 Å². The lowest BCUT2D eigenvalue weighted by Crippen LogP contribution is -2.30. The van der Waals surface area contributed by atoms with Gasteiger partial charge >= 0.3 is 0 Å². The molecule has 2 rings (SSSR count). The third-order valence-corrected chi connectivity index (χ3v) is 2.75. The number of aryl methyl sites for hydroxylation is 2. The first kappa shape index (κ1) is 11.8. The van der Waals surface area contributed by atoms with Gasteiger partial charge in [-0.2, -0.15) is 5.10 Å². The van der Waals surface area contributed by atoms with Crippen molar-refractivity contribution >= 4 is 0 Å². The van der Waals surface area contributed by atoms with E-state index in [0.717, 1.165) is 16.8 Å². The summed E-state index contributed by atoms with van der Waals surface area (Å²) in [5.74, 6) is 5.27. The molecule has 0 aliphatic rings. The SMILES string of the molecule is Cc1ccc(F)cc1C(NN)c1ccn(C)n1. The Morgan fingerprint density at radius 1 is 1.41 bits per heavy atom. The molecule has 0 aliphatic heterocycles. The van der Waals surface area contributed by atoms with E-state index in [0.29, 0.717) is 0 Å². The van der Waals surface area contributed by atoms with Crippen LogP contribution in [-0.4, -0.2) is 9.78 Å². The molecule has 0 radical (unpaired) electrons. The van der Waals surface area contributed by atoms with Crippen LogP contribution in [0.25, 0.3) is 0 Å². The summed E-state index contributed by atoms with van der Waals surface area (Å²) in [6.45, 7) is 1.92. The summed E-state index contributed by atoms with van der Waals surface area (Å²) in [6.07, 6.45) is 1.83. The maximum atomic E-state index is 13.3. The number of nitrogens with two attached hydrogens (primary N) is 1. The molecule has 5 heteroatoms. The highest BCUT2D eigenvalue weighted by molar-refractivity contribution is 5.34. The van der Waals surface area contributed by atoms with E-state index in [1.165, 1.54) is 12.1 Å². The maximum Gasteiger partial charge on any atom is 0.123 e. The van der Waals surface area contributed by atoms with Crippen LogP contribution in [0.15, 0.2) is 30.5 Å². The second-order valence-corrected chi connectivity index (χ2v) is 4.01. The van der Waals surface area contributed by atoms with E-state index in [4.69, 9.17) is 5.84 Å². The van der Waals surface area contributed by atoms with Crippen molar-refractivity contribution in [1.29, 1.82) is 0 Å². The second-order valence-electron chi connectivity index (χ2n) is 4.01. The van der Waals surface area contributed by atoms with Crippen LogP contribution in [0.4, 0.5) is 4.39 Å². The molecule has 0 spiro atoms. The molecule has 17 heavy (non-hydrogen) atoms. The summed E-state index contributed by atoms with van der Waals surface area (Å²) >= 11 is 0. The standard InChI is InChI=1S/C12H15FN4/c1-8-3-4-9(13)7-10(8)12(15-14)11-5-6-17(2)16-11/h3-7,12,15H,14H2,1-2H3. The lowest BCUT2D eigenvalue weighted by molar-refractivity contribution is 0.586. The van der Waals surface area contributed by atoms with Crippen LogP contribution in [0.5, 0.6) is 0 Å². The van der Waals surface area contributed by atoms with E-state index in [1.807, 2.05) is 26.2 Å². The first-order chi connectivity index (χ1) is 8.11. The number of nitrogens with zero attached hydrogens (tertiary/aromatic N) is 2. The molecule has 1 aromatic heterocycles. The van der Waals surface area contributed by atoms with Crippen LogP contribution < -0.4 is 11.3 Å². The topological polar surface area (TPSA) is 55.9 Å². The van der Waals surface area contributed by atoms with Crippen LogP contribution in [0.3, 0.4) is 0 Å². The van der Waals surface area contributed by atoms with Gasteiger partial charge < -0.3 is 0 Å². The van der Waals surface area contributed by atoms with Gasteiger partial charge in [0.25, 0.3) is 0 Å². The Morgan fingerprint density at radius 3 is 2.76 bits per heavy atom. The Labute approximate surface area is 99.2 Å². The second kappa shape index (κ2) is 4.65. The van der Waals surface area contributed by atoms with Crippen LogP contribution in [0, 0.1) is 12.7 Å². The van der Waals surface area contributed by atoms with Crippen LogP contribution in [0.1, 0.15) is 22.9 Å². The highest BCUT2D eigenvalue weighted by Gasteiger charge is 2.17. The Balaban J connectivity index is 2.45. The zero-order valence-corrected chi connectivity index (χ0v) is 9.81. The van der Waals surface area contributed by atoms with Crippen molar-refractivity contribution in [2.45, 2.75) is 13.0 Å². The molecular weight excluding hydrogens is 219 g/mol. The van der Waals surface area contributed by atoms with Crippen LogP contribution >= 0.6 is 0 Å². The van der Waals surface area contributed by atoms with E-state index < -0.39 is 0 Å². The van der Waals surface area contributed by atoms with E-state index in [-0.39, 0.29) is 11.9 Å². The fourth-order valence-corrected chi connectivity index (χ4v) is 1.84. The first-order valence-corrected chi connectivity index (χ1v) is 5.33. The van der Waals surface area contributed by atoms with Gasteiger partial charge in [-0.3, -0.25) is 10.5 Å². The zero-order valence-electron chi connectivity index (χ0n) is 9.81. The molecule has 3 N–H and O–H groups in total. The lowest BCUT2D eigenvalue weighted by Gasteiger charge is -2.16. The predicted molar refractivity (Wildman–Crippen MR) is 63.5 cm³/mol. The van der Waals surface area contributed by atoms with E-state index >= 15 is 0 Å². The average Bonchev–Trinajstić information content (AvgIpc) is 2.71.